The zero-order valence-electron chi connectivity index (χ0n) is 22.6. The summed E-state index contributed by atoms with van der Waals surface area (Å²) in [7, 11) is 1.50. The second kappa shape index (κ2) is 11.6. The van der Waals surface area contributed by atoms with Gasteiger partial charge in [-0.2, -0.15) is 13.2 Å². The van der Waals surface area contributed by atoms with Gasteiger partial charge >= 0.3 is 11.0 Å². The predicted octanol–water partition coefficient (Wildman–Crippen LogP) is 6.13. The van der Waals surface area contributed by atoms with Crippen LogP contribution in [0.1, 0.15) is 21.9 Å². The SMILES string of the molecule is COc1ccc(N2C(=O)C3Sc4c(sc(=O)n4CC(=O)Nc4ccccc4C(F)(F)F)[C@H](c4ccc(Br)cc4)C3C2=O)cc1. The molecule has 3 amide bonds. The van der Waals surface area contributed by atoms with Gasteiger partial charge in [0.15, 0.2) is 0 Å². The maximum absolute atomic E-state index is 14.0. The summed E-state index contributed by atoms with van der Waals surface area (Å²) >= 11 is 5.28. The van der Waals surface area contributed by atoms with E-state index in [4.69, 9.17) is 4.74 Å². The largest absolute Gasteiger partial charge is 0.497 e. The average Bonchev–Trinajstić information content (AvgIpc) is 3.43. The number of aromatic nitrogens is 1. The van der Waals surface area contributed by atoms with E-state index < -0.39 is 63.7 Å². The van der Waals surface area contributed by atoms with Crippen molar-refractivity contribution < 1.29 is 32.3 Å². The topological polar surface area (TPSA) is 97.7 Å². The Morgan fingerprint density at radius 2 is 1.66 bits per heavy atom. The number of methoxy groups -OCH3 is 1. The third-order valence-corrected chi connectivity index (χ3v) is 10.5. The first-order valence-corrected chi connectivity index (χ1v) is 15.6. The van der Waals surface area contributed by atoms with Crippen molar-refractivity contribution in [1.29, 1.82) is 0 Å². The Hall–Kier alpha value is -3.88. The number of halogens is 4. The van der Waals surface area contributed by atoms with Gasteiger partial charge < -0.3 is 10.1 Å². The van der Waals surface area contributed by atoms with E-state index in [1.165, 1.54) is 19.2 Å². The number of ether oxygens (including phenoxy) is 1. The molecule has 0 saturated carbocycles. The van der Waals surface area contributed by atoms with Crippen molar-refractivity contribution in [2.75, 3.05) is 17.3 Å². The highest BCUT2D eigenvalue weighted by atomic mass is 79.9. The Kier molecular flexibility index (Phi) is 7.92. The molecule has 4 aromatic rings. The lowest BCUT2D eigenvalue weighted by molar-refractivity contribution is -0.137. The fourth-order valence-corrected chi connectivity index (χ4v) is 8.48. The molecule has 3 heterocycles. The highest BCUT2D eigenvalue weighted by Gasteiger charge is 2.56. The van der Waals surface area contributed by atoms with E-state index in [2.05, 4.69) is 21.2 Å². The number of benzene rings is 3. The van der Waals surface area contributed by atoms with Gasteiger partial charge in [-0.3, -0.25) is 23.7 Å². The number of carbonyl (C=O) groups is 3. The summed E-state index contributed by atoms with van der Waals surface area (Å²) in [6, 6.07) is 18.2. The van der Waals surface area contributed by atoms with Gasteiger partial charge in [0.2, 0.25) is 17.7 Å². The lowest BCUT2D eigenvalue weighted by atomic mass is 9.83. The molecule has 14 heteroatoms. The second-order valence-electron chi connectivity index (χ2n) is 10.0. The van der Waals surface area contributed by atoms with Crippen LogP contribution in [-0.4, -0.2) is 34.6 Å². The number of anilines is 2. The quantitative estimate of drug-likeness (QED) is 0.243. The molecule has 1 fully saturated rings. The van der Waals surface area contributed by atoms with Gasteiger partial charge in [-0.25, -0.2) is 4.90 Å². The van der Waals surface area contributed by atoms with Crippen molar-refractivity contribution in [1.82, 2.24) is 4.57 Å². The van der Waals surface area contributed by atoms with Gasteiger partial charge in [-0.15, -0.1) is 0 Å². The molecule has 8 nitrogen and oxygen atoms in total. The predicted molar refractivity (Wildman–Crippen MR) is 163 cm³/mol. The maximum Gasteiger partial charge on any atom is 0.418 e. The average molecular weight is 705 g/mol. The Labute approximate surface area is 265 Å². The number of para-hydroxylation sites is 1. The minimum absolute atomic E-state index is 0.325. The van der Waals surface area contributed by atoms with Gasteiger partial charge in [0.25, 0.3) is 0 Å². The molecule has 44 heavy (non-hydrogen) atoms. The summed E-state index contributed by atoms with van der Waals surface area (Å²) in [6.07, 6.45) is -4.70. The van der Waals surface area contributed by atoms with Crippen LogP contribution in [0.4, 0.5) is 24.5 Å². The van der Waals surface area contributed by atoms with Crippen molar-refractivity contribution in [3.05, 3.63) is 103 Å². The molecule has 1 N–H and O–H groups in total. The molecule has 2 aliphatic heterocycles. The van der Waals surface area contributed by atoms with Gasteiger partial charge in [0, 0.05) is 15.3 Å². The molecule has 0 spiro atoms. The van der Waals surface area contributed by atoms with Crippen LogP contribution in [0.15, 0.2) is 87.1 Å². The normalized spacial score (nSPS) is 19.5. The molecule has 3 atom stereocenters. The molecular weight excluding hydrogens is 683 g/mol. The number of fused-ring (bicyclic) bond motifs is 2. The van der Waals surface area contributed by atoms with Crippen molar-refractivity contribution in [3.8, 4) is 5.75 Å². The number of thiazole rings is 1. The number of hydrogen-bond acceptors (Lipinski definition) is 7. The second-order valence-corrected chi connectivity index (χ2v) is 13.1. The molecule has 0 bridgehead atoms. The van der Waals surface area contributed by atoms with Gasteiger partial charge in [0.05, 0.1) is 35.0 Å². The number of thioether (sulfide) groups is 1. The number of amides is 3. The highest BCUT2D eigenvalue weighted by Crippen LogP contribution is 2.54. The summed E-state index contributed by atoms with van der Waals surface area (Å²) in [6.45, 7) is -0.585. The van der Waals surface area contributed by atoms with E-state index in [1.54, 1.807) is 48.5 Å². The Morgan fingerprint density at radius 1 is 0.977 bits per heavy atom. The summed E-state index contributed by atoms with van der Waals surface area (Å²) < 4.78 is 47.6. The van der Waals surface area contributed by atoms with Gasteiger partial charge in [-0.1, -0.05) is 63.3 Å². The van der Waals surface area contributed by atoms with Crippen molar-refractivity contribution in [2.45, 2.75) is 28.9 Å². The number of alkyl halides is 3. The molecule has 1 saturated heterocycles. The Balaban J connectivity index is 1.39. The van der Waals surface area contributed by atoms with Crippen LogP contribution >= 0.6 is 39.0 Å². The third kappa shape index (κ3) is 5.35. The minimum Gasteiger partial charge on any atom is -0.497 e. The number of hydrogen-bond donors (Lipinski definition) is 1. The first-order chi connectivity index (χ1) is 21.0. The van der Waals surface area contributed by atoms with E-state index in [-0.39, 0.29) is 0 Å². The Morgan fingerprint density at radius 3 is 2.32 bits per heavy atom. The van der Waals surface area contributed by atoms with Crippen LogP contribution in [-0.2, 0) is 27.1 Å². The van der Waals surface area contributed by atoms with Crippen LogP contribution in [0.2, 0.25) is 0 Å². The number of carbonyl (C=O) groups excluding carboxylic acids is 3. The summed E-state index contributed by atoms with van der Waals surface area (Å²) in [4.78, 5) is 55.2. The molecule has 0 aliphatic carbocycles. The van der Waals surface area contributed by atoms with E-state index in [0.717, 1.165) is 49.2 Å². The summed E-state index contributed by atoms with van der Waals surface area (Å²) in [5.74, 6) is -2.73. The van der Waals surface area contributed by atoms with Crippen LogP contribution in [0.25, 0.3) is 0 Å². The summed E-state index contributed by atoms with van der Waals surface area (Å²) in [5.41, 5.74) is -0.392. The Bertz CT molecular complexity index is 1840. The van der Waals surface area contributed by atoms with E-state index in [1.807, 2.05) is 0 Å². The third-order valence-electron chi connectivity index (χ3n) is 7.42. The van der Waals surface area contributed by atoms with Crippen LogP contribution in [0.5, 0.6) is 5.75 Å². The standard InChI is InChI=1S/C30H21BrF3N3O5S2/c1-42-18-12-10-17(11-13-18)37-26(39)23-22(15-6-8-16(31)9-7-15)25-28(43-24(23)27(37)40)36(29(41)44-25)14-21(38)35-20-5-3-2-4-19(20)30(32,33)34/h2-13,22-24H,14H2,1H3,(H,35,38)/t22-,23?,24?/m1/s1. The smallest absolute Gasteiger partial charge is 0.418 e. The number of rotatable bonds is 6. The number of nitrogens with zero attached hydrogens (tertiary/aromatic N) is 2. The molecule has 6 rings (SSSR count). The highest BCUT2D eigenvalue weighted by molar-refractivity contribution is 9.10. The lowest BCUT2D eigenvalue weighted by Gasteiger charge is -2.30. The molecular formula is C30H21BrF3N3O5S2. The fraction of sp³-hybridized carbons (Fsp3) is 0.200. The molecule has 2 aliphatic rings. The molecule has 2 unspecified atom stereocenters. The molecule has 3 aromatic carbocycles. The zero-order valence-corrected chi connectivity index (χ0v) is 25.9. The van der Waals surface area contributed by atoms with Crippen molar-refractivity contribution >= 4 is 68.1 Å². The lowest BCUT2D eigenvalue weighted by Crippen LogP contribution is -2.33. The summed E-state index contributed by atoms with van der Waals surface area (Å²) in [5, 5.41) is 1.68. The molecule has 226 valence electrons. The monoisotopic (exact) mass is 703 g/mol. The van der Waals surface area contributed by atoms with E-state index in [9.17, 15) is 32.3 Å². The van der Waals surface area contributed by atoms with Gasteiger partial charge in [-0.05, 0) is 54.1 Å². The molecule has 0 radical (unpaired) electrons. The maximum atomic E-state index is 14.0. The van der Waals surface area contributed by atoms with Crippen LogP contribution in [0.3, 0.4) is 0 Å². The van der Waals surface area contributed by atoms with Crippen molar-refractivity contribution in [2.24, 2.45) is 5.92 Å². The zero-order chi connectivity index (χ0) is 31.3. The number of nitrogens with one attached hydrogen (secondary N) is 1. The van der Waals surface area contributed by atoms with Crippen molar-refractivity contribution in [3.63, 3.8) is 0 Å². The van der Waals surface area contributed by atoms with Gasteiger partial charge in [0.1, 0.15) is 17.5 Å². The number of imide groups is 1. The minimum atomic E-state index is -4.70. The van der Waals surface area contributed by atoms with Crippen LogP contribution in [0, 0.1) is 5.92 Å². The first-order valence-electron chi connectivity index (χ1n) is 13.1. The van der Waals surface area contributed by atoms with Crippen LogP contribution < -0.4 is 19.8 Å². The fourth-order valence-electron chi connectivity index (χ4n) is 5.44. The molecule has 1 aromatic heterocycles. The first kappa shape index (κ1) is 30.2. The van der Waals surface area contributed by atoms with E-state index in [0.29, 0.717) is 26.9 Å². The van der Waals surface area contributed by atoms with E-state index >= 15 is 0 Å².